The van der Waals surface area contributed by atoms with Crippen LogP contribution < -0.4 is 5.73 Å². The van der Waals surface area contributed by atoms with E-state index in [2.05, 4.69) is 4.98 Å². The molecule has 0 saturated heterocycles. The molecule has 13 heavy (non-hydrogen) atoms. The quantitative estimate of drug-likeness (QED) is 0.634. The topological polar surface area (TPSA) is 73.1 Å². The highest BCUT2D eigenvalue weighted by Gasteiger charge is 2.24. The van der Waals surface area contributed by atoms with Crippen molar-refractivity contribution in [2.45, 2.75) is 5.38 Å². The summed E-state index contributed by atoms with van der Waals surface area (Å²) in [6, 6.07) is 0. The highest BCUT2D eigenvalue weighted by atomic mass is 35.5. The molecule has 1 aromatic heterocycles. The van der Waals surface area contributed by atoms with E-state index in [1.165, 1.54) is 5.38 Å². The van der Waals surface area contributed by atoms with E-state index in [1.807, 2.05) is 0 Å². The van der Waals surface area contributed by atoms with Gasteiger partial charge >= 0.3 is 0 Å². The molecule has 0 aliphatic carbocycles. The Morgan fingerprint density at radius 3 is 2.62 bits per heavy atom. The number of nitrogens with zero attached hydrogens (tertiary/aromatic N) is 1. The predicted octanol–water partition coefficient (Wildman–Crippen LogP) is 1.13. The molecule has 0 aliphatic rings. The molecule has 0 aliphatic heterocycles. The summed E-state index contributed by atoms with van der Waals surface area (Å²) in [6.45, 7) is 0. The highest BCUT2D eigenvalue weighted by molar-refractivity contribution is 7.14. The monoisotopic (exact) mass is 238 g/mol. The van der Waals surface area contributed by atoms with Gasteiger partial charge in [-0.05, 0) is 0 Å². The smallest absolute Gasteiger partial charge is 0.286 e. The molecule has 0 aromatic carbocycles. The van der Waals surface area contributed by atoms with E-state index in [4.69, 9.17) is 28.9 Å². The number of Topliss-reactive ketones (excluding diaryl/α,β-unsaturated/α-hetero) is 1. The van der Waals surface area contributed by atoms with Crippen molar-refractivity contribution in [1.29, 1.82) is 0 Å². The van der Waals surface area contributed by atoms with Gasteiger partial charge in [0.15, 0.2) is 4.47 Å². The zero-order chi connectivity index (χ0) is 10.0. The number of alkyl halides is 1. The molecule has 0 bridgehead atoms. The molecule has 1 unspecified atom stereocenters. The van der Waals surface area contributed by atoms with Crippen LogP contribution in [0.2, 0.25) is 4.47 Å². The van der Waals surface area contributed by atoms with Crippen LogP contribution in [0.4, 0.5) is 0 Å². The number of rotatable bonds is 3. The summed E-state index contributed by atoms with van der Waals surface area (Å²) >= 11 is 12.2. The van der Waals surface area contributed by atoms with Crippen molar-refractivity contribution >= 4 is 46.2 Å². The SMILES string of the molecule is NC(=O)C(=O)C(Cl)c1csc(Cl)n1. The van der Waals surface area contributed by atoms with E-state index in [-0.39, 0.29) is 10.2 Å². The molecule has 4 nitrogen and oxygen atoms in total. The summed E-state index contributed by atoms with van der Waals surface area (Å²) in [5.41, 5.74) is 5.00. The van der Waals surface area contributed by atoms with Gasteiger partial charge in [0.05, 0.1) is 5.69 Å². The van der Waals surface area contributed by atoms with Gasteiger partial charge in [0, 0.05) is 5.38 Å². The summed E-state index contributed by atoms with van der Waals surface area (Å²) in [6.07, 6.45) is 0. The van der Waals surface area contributed by atoms with Gasteiger partial charge < -0.3 is 5.73 Å². The Labute approximate surface area is 87.7 Å². The molecule has 1 rings (SSSR count). The second-order valence-corrected chi connectivity index (χ2v) is 3.99. The van der Waals surface area contributed by atoms with Gasteiger partial charge in [-0.1, -0.05) is 11.6 Å². The number of hydrogen-bond acceptors (Lipinski definition) is 4. The highest BCUT2D eigenvalue weighted by Crippen LogP contribution is 2.25. The van der Waals surface area contributed by atoms with Crippen molar-refractivity contribution in [3.63, 3.8) is 0 Å². The third-order valence-corrected chi connectivity index (χ3v) is 2.65. The van der Waals surface area contributed by atoms with Crippen LogP contribution in [0, 0.1) is 0 Å². The van der Waals surface area contributed by atoms with Crippen LogP contribution in [0.5, 0.6) is 0 Å². The summed E-state index contributed by atoms with van der Waals surface area (Å²) in [4.78, 5) is 25.2. The molecule has 0 fully saturated rings. The lowest BCUT2D eigenvalue weighted by Crippen LogP contribution is -2.26. The van der Waals surface area contributed by atoms with E-state index < -0.39 is 17.1 Å². The summed E-state index contributed by atoms with van der Waals surface area (Å²) in [5, 5.41) is 0.363. The Morgan fingerprint density at radius 2 is 2.23 bits per heavy atom. The number of amides is 1. The van der Waals surface area contributed by atoms with Gasteiger partial charge in [-0.15, -0.1) is 22.9 Å². The first-order chi connectivity index (χ1) is 6.02. The maximum absolute atomic E-state index is 11.0. The Balaban J connectivity index is 2.85. The van der Waals surface area contributed by atoms with Crippen molar-refractivity contribution < 1.29 is 9.59 Å². The summed E-state index contributed by atoms with van der Waals surface area (Å²) < 4.78 is 0.262. The minimum Gasteiger partial charge on any atom is -0.363 e. The van der Waals surface area contributed by atoms with Crippen molar-refractivity contribution in [2.24, 2.45) is 5.73 Å². The van der Waals surface area contributed by atoms with Crippen LogP contribution >= 0.6 is 34.5 Å². The van der Waals surface area contributed by atoms with E-state index in [0.717, 1.165) is 11.3 Å². The Morgan fingerprint density at radius 1 is 1.62 bits per heavy atom. The number of hydrogen-bond donors (Lipinski definition) is 1. The number of carbonyl (C=O) groups is 2. The van der Waals surface area contributed by atoms with Crippen LogP contribution in [0.3, 0.4) is 0 Å². The first-order valence-corrected chi connectivity index (χ1v) is 4.80. The van der Waals surface area contributed by atoms with Crippen molar-refractivity contribution in [2.75, 3.05) is 0 Å². The normalized spacial score (nSPS) is 12.5. The third kappa shape index (κ3) is 2.40. The number of carbonyl (C=O) groups excluding carboxylic acids is 2. The second-order valence-electron chi connectivity index (χ2n) is 2.12. The van der Waals surface area contributed by atoms with E-state index in [1.54, 1.807) is 0 Å². The minimum absolute atomic E-state index is 0.250. The number of nitrogens with two attached hydrogens (primary N) is 1. The first-order valence-electron chi connectivity index (χ1n) is 3.11. The Bertz CT molecular complexity index is 352. The fourth-order valence-corrected chi connectivity index (χ4v) is 1.73. The molecule has 0 saturated carbocycles. The molecular formula is C6H4Cl2N2O2S. The number of primary amides is 1. The van der Waals surface area contributed by atoms with Crippen molar-refractivity contribution in [3.8, 4) is 0 Å². The second kappa shape index (κ2) is 4.04. The predicted molar refractivity (Wildman–Crippen MR) is 49.9 cm³/mol. The molecule has 7 heteroatoms. The lowest BCUT2D eigenvalue weighted by Gasteiger charge is -2.00. The van der Waals surface area contributed by atoms with Gasteiger partial charge in [-0.2, -0.15) is 0 Å². The van der Waals surface area contributed by atoms with Crippen LogP contribution in [0.15, 0.2) is 5.38 Å². The summed E-state index contributed by atoms with van der Waals surface area (Å²) in [5.74, 6) is -1.97. The molecule has 1 heterocycles. The standard InChI is InChI=1S/C6H4Cl2N2O2S/c7-3(4(11)5(9)12)2-1-13-6(8)10-2/h1,3H,(H2,9,12). The van der Waals surface area contributed by atoms with Gasteiger partial charge in [0.1, 0.15) is 5.38 Å². The van der Waals surface area contributed by atoms with Crippen molar-refractivity contribution in [1.82, 2.24) is 4.98 Å². The lowest BCUT2D eigenvalue weighted by atomic mass is 10.2. The fourth-order valence-electron chi connectivity index (χ4n) is 0.639. The Kier molecular flexibility index (Phi) is 3.24. The molecular weight excluding hydrogens is 235 g/mol. The van der Waals surface area contributed by atoms with Crippen LogP contribution in [-0.4, -0.2) is 16.7 Å². The third-order valence-electron chi connectivity index (χ3n) is 1.23. The van der Waals surface area contributed by atoms with Crippen LogP contribution in [0.25, 0.3) is 0 Å². The van der Waals surface area contributed by atoms with Gasteiger partial charge in [0.2, 0.25) is 5.78 Å². The number of aromatic nitrogens is 1. The van der Waals surface area contributed by atoms with E-state index in [0.29, 0.717) is 0 Å². The Hall–Kier alpha value is -0.650. The maximum atomic E-state index is 11.0. The average Bonchev–Trinajstić information content (AvgIpc) is 2.49. The van der Waals surface area contributed by atoms with Crippen LogP contribution in [0.1, 0.15) is 11.1 Å². The molecule has 1 amide bonds. The van der Waals surface area contributed by atoms with Crippen molar-refractivity contribution in [3.05, 3.63) is 15.5 Å². The lowest BCUT2D eigenvalue weighted by molar-refractivity contribution is -0.135. The molecule has 1 aromatic rings. The van der Waals surface area contributed by atoms with E-state index in [9.17, 15) is 9.59 Å². The van der Waals surface area contributed by atoms with E-state index >= 15 is 0 Å². The zero-order valence-electron chi connectivity index (χ0n) is 6.16. The average molecular weight is 239 g/mol. The molecule has 0 radical (unpaired) electrons. The van der Waals surface area contributed by atoms with Crippen LogP contribution in [-0.2, 0) is 9.59 Å². The zero-order valence-corrected chi connectivity index (χ0v) is 8.49. The molecule has 70 valence electrons. The number of ketones is 1. The largest absolute Gasteiger partial charge is 0.363 e. The first kappa shape index (κ1) is 10.4. The summed E-state index contributed by atoms with van der Waals surface area (Å²) in [7, 11) is 0. The maximum Gasteiger partial charge on any atom is 0.286 e. The van der Waals surface area contributed by atoms with Gasteiger partial charge in [-0.25, -0.2) is 4.98 Å². The molecule has 1 atom stereocenters. The molecule has 0 spiro atoms. The minimum atomic E-state index is -1.14. The number of thiazole rings is 1. The molecule has 2 N–H and O–H groups in total. The van der Waals surface area contributed by atoms with Gasteiger partial charge in [-0.3, -0.25) is 9.59 Å². The van der Waals surface area contributed by atoms with Gasteiger partial charge in [0.25, 0.3) is 5.91 Å². The fraction of sp³-hybridized carbons (Fsp3) is 0.167. The number of halogens is 2.